The molecule has 2 heterocycles. The zero-order valence-corrected chi connectivity index (χ0v) is 18.8. The molecule has 0 amide bonds. The number of rotatable bonds is 9. The lowest BCUT2D eigenvalue weighted by Crippen LogP contribution is -2.38. The van der Waals surface area contributed by atoms with E-state index in [1.165, 1.54) is 4.88 Å². The van der Waals surface area contributed by atoms with Crippen LogP contribution in [0.5, 0.6) is 0 Å². The first-order valence-corrected chi connectivity index (χ1v) is 9.80. The summed E-state index contributed by atoms with van der Waals surface area (Å²) < 4.78 is 12.2. The maximum atomic E-state index is 5.71. The van der Waals surface area contributed by atoms with Crippen molar-refractivity contribution in [1.82, 2.24) is 10.6 Å². The molecule has 0 aliphatic carbocycles. The predicted molar refractivity (Wildman–Crippen MR) is 115 cm³/mol. The summed E-state index contributed by atoms with van der Waals surface area (Å²) >= 11 is 5.20. The Kier molecular flexibility index (Phi) is 12.3. The van der Waals surface area contributed by atoms with Gasteiger partial charge in [-0.15, -0.1) is 35.3 Å². The average Bonchev–Trinajstić information content (AvgIpc) is 3.19. The van der Waals surface area contributed by atoms with Crippen LogP contribution in [0.3, 0.4) is 0 Å². The Labute approximate surface area is 174 Å². The number of nitrogens with one attached hydrogen (secondary N) is 2. The third kappa shape index (κ3) is 8.98. The van der Waals surface area contributed by atoms with Crippen LogP contribution in [0.25, 0.3) is 0 Å². The second-order valence-electron chi connectivity index (χ2n) is 5.49. The SMILES string of the molecule is CCNC(=NCc1ccc(Br)s1)NCCCOCC1CCOC1.I. The van der Waals surface area contributed by atoms with Gasteiger partial charge in [0.2, 0.25) is 0 Å². The summed E-state index contributed by atoms with van der Waals surface area (Å²) in [4.78, 5) is 5.85. The van der Waals surface area contributed by atoms with Gasteiger partial charge in [-0.3, -0.25) is 0 Å². The van der Waals surface area contributed by atoms with Gasteiger partial charge >= 0.3 is 0 Å². The molecule has 8 heteroatoms. The molecule has 0 bridgehead atoms. The van der Waals surface area contributed by atoms with E-state index in [2.05, 4.69) is 50.6 Å². The maximum Gasteiger partial charge on any atom is 0.191 e. The number of ether oxygens (including phenoxy) is 2. The highest BCUT2D eigenvalue weighted by molar-refractivity contribution is 14.0. The first-order valence-electron chi connectivity index (χ1n) is 8.19. The van der Waals surface area contributed by atoms with Crippen molar-refractivity contribution in [3.63, 3.8) is 0 Å². The van der Waals surface area contributed by atoms with Gasteiger partial charge in [0.05, 0.1) is 23.5 Å². The van der Waals surface area contributed by atoms with E-state index in [1.807, 2.05) is 0 Å². The molecule has 1 fully saturated rings. The van der Waals surface area contributed by atoms with Crippen LogP contribution in [-0.4, -0.2) is 45.5 Å². The highest BCUT2D eigenvalue weighted by Gasteiger charge is 2.15. The van der Waals surface area contributed by atoms with E-state index in [1.54, 1.807) is 11.3 Å². The molecule has 0 radical (unpaired) electrons. The summed E-state index contributed by atoms with van der Waals surface area (Å²) in [6.45, 7) is 7.84. The summed E-state index contributed by atoms with van der Waals surface area (Å²) in [6, 6.07) is 4.16. The molecular formula is C16H27BrIN3O2S. The first-order chi connectivity index (χ1) is 11.3. The Morgan fingerprint density at radius 3 is 3.00 bits per heavy atom. The Bertz CT molecular complexity index is 482. The van der Waals surface area contributed by atoms with Gasteiger partial charge in [-0.05, 0) is 47.8 Å². The van der Waals surface area contributed by atoms with Crippen molar-refractivity contribution in [2.75, 3.05) is 39.5 Å². The van der Waals surface area contributed by atoms with E-state index in [0.29, 0.717) is 12.5 Å². The minimum Gasteiger partial charge on any atom is -0.381 e. The Morgan fingerprint density at radius 1 is 1.46 bits per heavy atom. The van der Waals surface area contributed by atoms with Crippen molar-refractivity contribution < 1.29 is 9.47 Å². The van der Waals surface area contributed by atoms with Crippen LogP contribution in [0, 0.1) is 5.92 Å². The van der Waals surface area contributed by atoms with E-state index < -0.39 is 0 Å². The Balaban J connectivity index is 0.00000288. The lowest BCUT2D eigenvalue weighted by Gasteiger charge is -2.12. The van der Waals surface area contributed by atoms with Crippen molar-refractivity contribution in [2.45, 2.75) is 26.3 Å². The normalized spacial score (nSPS) is 17.6. The first kappa shape index (κ1) is 22.1. The fourth-order valence-corrected chi connectivity index (χ4v) is 3.69. The van der Waals surface area contributed by atoms with E-state index >= 15 is 0 Å². The van der Waals surface area contributed by atoms with Crippen LogP contribution >= 0.6 is 51.2 Å². The highest BCUT2D eigenvalue weighted by atomic mass is 127. The zero-order valence-electron chi connectivity index (χ0n) is 14.1. The molecule has 0 saturated carbocycles. The van der Waals surface area contributed by atoms with Crippen LogP contribution in [0.4, 0.5) is 0 Å². The summed E-state index contributed by atoms with van der Waals surface area (Å²) in [5, 5.41) is 6.62. The molecule has 2 N–H and O–H groups in total. The molecule has 1 aliphatic rings. The number of thiophene rings is 1. The van der Waals surface area contributed by atoms with Crippen molar-refractivity contribution in [3.8, 4) is 0 Å². The largest absolute Gasteiger partial charge is 0.381 e. The molecule has 0 spiro atoms. The number of hydrogen-bond acceptors (Lipinski definition) is 4. The number of aliphatic imine (C=N–C) groups is 1. The number of hydrogen-bond donors (Lipinski definition) is 2. The second kappa shape index (κ2) is 13.3. The Hall–Kier alpha value is 0.1000. The molecule has 1 aromatic heterocycles. The summed E-state index contributed by atoms with van der Waals surface area (Å²) in [5.74, 6) is 1.45. The molecule has 5 nitrogen and oxygen atoms in total. The van der Waals surface area contributed by atoms with Gasteiger partial charge in [0, 0.05) is 37.1 Å². The molecule has 1 atom stereocenters. The van der Waals surface area contributed by atoms with Crippen LogP contribution < -0.4 is 10.6 Å². The summed E-state index contributed by atoms with van der Waals surface area (Å²) in [7, 11) is 0. The standard InChI is InChI=1S/C16H26BrN3O2S.HI/c1-2-18-16(20-10-14-4-5-15(17)23-14)19-7-3-8-21-11-13-6-9-22-12-13;/h4-5,13H,2-3,6-12H2,1H3,(H2,18,19,20);1H. The predicted octanol–water partition coefficient (Wildman–Crippen LogP) is 3.63. The smallest absolute Gasteiger partial charge is 0.191 e. The highest BCUT2D eigenvalue weighted by Crippen LogP contribution is 2.22. The topological polar surface area (TPSA) is 54.9 Å². The van der Waals surface area contributed by atoms with Crippen molar-refractivity contribution in [2.24, 2.45) is 10.9 Å². The fraction of sp³-hybridized carbons (Fsp3) is 0.688. The van der Waals surface area contributed by atoms with Gasteiger partial charge in [0.15, 0.2) is 5.96 Å². The quantitative estimate of drug-likeness (QED) is 0.221. The molecule has 0 aromatic carbocycles. The molecule has 2 rings (SSSR count). The zero-order chi connectivity index (χ0) is 16.3. The van der Waals surface area contributed by atoms with Crippen molar-refractivity contribution >= 4 is 57.2 Å². The minimum absolute atomic E-state index is 0. The molecule has 1 aliphatic heterocycles. The number of guanidine groups is 1. The van der Waals surface area contributed by atoms with E-state index in [4.69, 9.17) is 9.47 Å². The van der Waals surface area contributed by atoms with Gasteiger partial charge in [-0.25, -0.2) is 4.99 Å². The average molecular weight is 532 g/mol. The summed E-state index contributed by atoms with van der Waals surface area (Å²) in [6.07, 6.45) is 2.11. The molecule has 1 unspecified atom stereocenters. The third-order valence-corrected chi connectivity index (χ3v) is 5.11. The van der Waals surface area contributed by atoms with Gasteiger partial charge in [0.1, 0.15) is 0 Å². The third-order valence-electron chi connectivity index (χ3n) is 3.50. The molecule has 138 valence electrons. The molecule has 1 saturated heterocycles. The monoisotopic (exact) mass is 531 g/mol. The lowest BCUT2D eigenvalue weighted by atomic mass is 10.1. The van der Waals surface area contributed by atoms with Crippen LogP contribution in [0.2, 0.25) is 0 Å². The molecule has 24 heavy (non-hydrogen) atoms. The van der Waals surface area contributed by atoms with Crippen LogP contribution in [0.15, 0.2) is 20.9 Å². The number of nitrogens with zero attached hydrogens (tertiary/aromatic N) is 1. The lowest BCUT2D eigenvalue weighted by molar-refractivity contribution is 0.0888. The van der Waals surface area contributed by atoms with Gasteiger partial charge in [-0.1, -0.05) is 0 Å². The van der Waals surface area contributed by atoms with E-state index in [0.717, 1.165) is 62.1 Å². The van der Waals surface area contributed by atoms with Gasteiger partial charge in [0.25, 0.3) is 0 Å². The van der Waals surface area contributed by atoms with Crippen molar-refractivity contribution in [3.05, 3.63) is 20.8 Å². The van der Waals surface area contributed by atoms with Gasteiger partial charge in [-0.2, -0.15) is 0 Å². The second-order valence-corrected chi connectivity index (χ2v) is 8.03. The number of halogens is 2. The van der Waals surface area contributed by atoms with Crippen molar-refractivity contribution in [1.29, 1.82) is 0 Å². The van der Waals surface area contributed by atoms with Gasteiger partial charge < -0.3 is 20.1 Å². The van der Waals surface area contributed by atoms with E-state index in [9.17, 15) is 0 Å². The fourth-order valence-electron chi connectivity index (χ4n) is 2.28. The van der Waals surface area contributed by atoms with Crippen LogP contribution in [0.1, 0.15) is 24.6 Å². The summed E-state index contributed by atoms with van der Waals surface area (Å²) in [5.41, 5.74) is 0. The van der Waals surface area contributed by atoms with E-state index in [-0.39, 0.29) is 24.0 Å². The molecular weight excluding hydrogens is 505 g/mol. The minimum atomic E-state index is 0. The van der Waals surface area contributed by atoms with Crippen LogP contribution in [-0.2, 0) is 16.0 Å². The maximum absolute atomic E-state index is 5.71. The molecule has 1 aromatic rings. The Morgan fingerprint density at radius 2 is 2.33 bits per heavy atom.